The summed E-state index contributed by atoms with van der Waals surface area (Å²) >= 11 is 3.34. The molecule has 0 aliphatic rings. The van der Waals surface area contributed by atoms with Crippen LogP contribution in [0.5, 0.6) is 5.75 Å². The number of hydrogen-bond acceptors (Lipinski definition) is 2. The van der Waals surface area contributed by atoms with Gasteiger partial charge in [0.15, 0.2) is 0 Å². The minimum Gasteiger partial charge on any atom is -0.508 e. The molecule has 0 saturated carbocycles. The van der Waals surface area contributed by atoms with Crippen LogP contribution in [-0.4, -0.2) is 11.4 Å². The number of carbonyl (C=O) groups excluding carboxylic acids is 1. The average molecular weight is 243 g/mol. The van der Waals surface area contributed by atoms with Crippen LogP contribution in [0.15, 0.2) is 22.7 Å². The van der Waals surface area contributed by atoms with Gasteiger partial charge in [-0.05, 0) is 37.6 Å². The molecule has 3 heteroatoms. The normalized spacial score (nSPS) is 11.3. The van der Waals surface area contributed by atoms with Crippen LogP contribution in [0.1, 0.15) is 19.4 Å². The largest absolute Gasteiger partial charge is 0.508 e. The molecular weight excluding hydrogens is 232 g/mol. The summed E-state index contributed by atoms with van der Waals surface area (Å²) in [5.74, 6) is 0.174. The zero-order valence-corrected chi connectivity index (χ0v) is 9.13. The van der Waals surface area contributed by atoms with E-state index < -0.39 is 5.41 Å². The first kappa shape index (κ1) is 10.3. The number of halogens is 1. The number of carbonyl (C=O) groups is 1. The molecule has 0 spiro atoms. The van der Waals surface area contributed by atoms with Crippen molar-refractivity contribution in [1.29, 1.82) is 0 Å². The molecule has 13 heavy (non-hydrogen) atoms. The zero-order valence-electron chi connectivity index (χ0n) is 7.54. The molecule has 0 aliphatic heterocycles. The number of aromatic hydroxyl groups is 1. The van der Waals surface area contributed by atoms with Gasteiger partial charge in [0.1, 0.15) is 12.0 Å². The van der Waals surface area contributed by atoms with Crippen LogP contribution >= 0.6 is 15.9 Å². The lowest BCUT2D eigenvalue weighted by molar-refractivity contribution is -0.111. The Morgan fingerprint density at radius 1 is 1.46 bits per heavy atom. The molecule has 0 unspecified atom stereocenters. The zero-order chi connectivity index (χ0) is 10.1. The number of rotatable bonds is 2. The fraction of sp³-hybridized carbons (Fsp3) is 0.300. The van der Waals surface area contributed by atoms with Gasteiger partial charge in [0, 0.05) is 9.89 Å². The smallest absolute Gasteiger partial charge is 0.130 e. The molecule has 0 radical (unpaired) electrons. The topological polar surface area (TPSA) is 37.3 Å². The van der Waals surface area contributed by atoms with Gasteiger partial charge in [-0.25, -0.2) is 0 Å². The van der Waals surface area contributed by atoms with Gasteiger partial charge in [-0.15, -0.1) is 0 Å². The molecule has 0 atom stereocenters. The van der Waals surface area contributed by atoms with E-state index in [1.165, 1.54) is 0 Å². The molecule has 0 heterocycles. The summed E-state index contributed by atoms with van der Waals surface area (Å²) in [6, 6.07) is 4.91. The van der Waals surface area contributed by atoms with Gasteiger partial charge in [-0.3, -0.25) is 0 Å². The third-order valence-electron chi connectivity index (χ3n) is 1.94. The minimum absolute atomic E-state index is 0.174. The highest BCUT2D eigenvalue weighted by molar-refractivity contribution is 9.10. The molecule has 0 amide bonds. The number of aldehydes is 1. The van der Waals surface area contributed by atoms with Gasteiger partial charge in [-0.1, -0.05) is 15.9 Å². The van der Waals surface area contributed by atoms with E-state index in [9.17, 15) is 9.90 Å². The molecule has 1 N–H and O–H groups in total. The second-order valence-corrected chi connectivity index (χ2v) is 4.36. The van der Waals surface area contributed by atoms with E-state index in [4.69, 9.17) is 0 Å². The summed E-state index contributed by atoms with van der Waals surface area (Å²) in [5.41, 5.74) is 0.222. The van der Waals surface area contributed by atoms with Gasteiger partial charge >= 0.3 is 0 Å². The summed E-state index contributed by atoms with van der Waals surface area (Å²) in [5, 5.41) is 9.26. The van der Waals surface area contributed by atoms with Gasteiger partial charge in [0.25, 0.3) is 0 Å². The monoisotopic (exact) mass is 242 g/mol. The van der Waals surface area contributed by atoms with Crippen molar-refractivity contribution in [3.8, 4) is 5.75 Å². The Kier molecular flexibility index (Phi) is 2.76. The van der Waals surface area contributed by atoms with Crippen LogP contribution in [0.3, 0.4) is 0 Å². The maximum Gasteiger partial charge on any atom is 0.130 e. The predicted molar refractivity (Wildman–Crippen MR) is 54.9 cm³/mol. The quantitative estimate of drug-likeness (QED) is 0.810. The van der Waals surface area contributed by atoms with Gasteiger partial charge in [0.05, 0.1) is 0 Å². The van der Waals surface area contributed by atoms with Crippen molar-refractivity contribution in [2.24, 2.45) is 0 Å². The summed E-state index contributed by atoms with van der Waals surface area (Å²) in [7, 11) is 0. The Hall–Kier alpha value is -0.830. The van der Waals surface area contributed by atoms with Crippen LogP contribution in [0.2, 0.25) is 0 Å². The molecule has 2 nitrogen and oxygen atoms in total. The number of phenolic OH excluding ortho intramolecular Hbond substituents is 1. The van der Waals surface area contributed by atoms with Crippen LogP contribution in [0.4, 0.5) is 0 Å². The van der Waals surface area contributed by atoms with Gasteiger partial charge < -0.3 is 9.90 Å². The summed E-state index contributed by atoms with van der Waals surface area (Å²) < 4.78 is 0.836. The molecule has 1 aromatic carbocycles. The number of hydrogen-bond donors (Lipinski definition) is 1. The molecule has 0 bridgehead atoms. The van der Waals surface area contributed by atoms with Crippen LogP contribution in [0, 0.1) is 0 Å². The van der Waals surface area contributed by atoms with E-state index in [0.717, 1.165) is 16.3 Å². The summed E-state index contributed by atoms with van der Waals surface area (Å²) in [4.78, 5) is 10.8. The lowest BCUT2D eigenvalue weighted by Gasteiger charge is -2.19. The SMILES string of the molecule is CC(C)(C=O)c1cc(O)ccc1Br. The molecule has 70 valence electrons. The highest BCUT2D eigenvalue weighted by atomic mass is 79.9. The maximum absolute atomic E-state index is 10.8. The standard InChI is InChI=1S/C10H11BrO2/c1-10(2,6-12)8-5-7(13)3-4-9(8)11/h3-6,13H,1-2H3. The lowest BCUT2D eigenvalue weighted by atomic mass is 9.86. The average Bonchev–Trinajstić information content (AvgIpc) is 2.09. The predicted octanol–water partition coefficient (Wildman–Crippen LogP) is 2.63. The van der Waals surface area contributed by atoms with E-state index in [1.54, 1.807) is 32.0 Å². The van der Waals surface area contributed by atoms with Crippen LogP contribution in [-0.2, 0) is 10.2 Å². The van der Waals surface area contributed by atoms with E-state index >= 15 is 0 Å². The first-order chi connectivity index (χ1) is 5.97. The molecular formula is C10H11BrO2. The second-order valence-electron chi connectivity index (χ2n) is 3.50. The van der Waals surface area contributed by atoms with Crippen LogP contribution in [0.25, 0.3) is 0 Å². The fourth-order valence-electron chi connectivity index (χ4n) is 1.07. The highest BCUT2D eigenvalue weighted by Crippen LogP contribution is 2.31. The maximum atomic E-state index is 10.8. The van der Waals surface area contributed by atoms with Crippen molar-refractivity contribution >= 4 is 22.2 Å². The van der Waals surface area contributed by atoms with Crippen LogP contribution < -0.4 is 0 Å². The third-order valence-corrected chi connectivity index (χ3v) is 2.63. The molecule has 1 rings (SSSR count). The summed E-state index contributed by atoms with van der Waals surface area (Å²) in [6.45, 7) is 3.61. The van der Waals surface area contributed by atoms with E-state index in [1.807, 2.05) is 0 Å². The Bertz CT molecular complexity index is 332. The van der Waals surface area contributed by atoms with E-state index in [-0.39, 0.29) is 5.75 Å². The molecule has 0 saturated heterocycles. The molecule has 1 aromatic rings. The van der Waals surface area contributed by atoms with Crippen molar-refractivity contribution < 1.29 is 9.90 Å². The Labute approximate surface area is 85.7 Å². The molecule has 0 fully saturated rings. The van der Waals surface area contributed by atoms with Crippen molar-refractivity contribution in [1.82, 2.24) is 0 Å². The van der Waals surface area contributed by atoms with Crippen molar-refractivity contribution in [2.45, 2.75) is 19.3 Å². The third kappa shape index (κ3) is 2.10. The fourth-order valence-corrected chi connectivity index (χ4v) is 1.83. The van der Waals surface area contributed by atoms with Crippen molar-refractivity contribution in [3.63, 3.8) is 0 Å². The minimum atomic E-state index is -0.572. The Morgan fingerprint density at radius 3 is 2.62 bits per heavy atom. The first-order valence-electron chi connectivity index (χ1n) is 3.93. The number of phenols is 1. The van der Waals surface area contributed by atoms with Crippen molar-refractivity contribution in [2.75, 3.05) is 0 Å². The second kappa shape index (κ2) is 3.50. The highest BCUT2D eigenvalue weighted by Gasteiger charge is 2.22. The van der Waals surface area contributed by atoms with Gasteiger partial charge in [0.2, 0.25) is 0 Å². The van der Waals surface area contributed by atoms with E-state index in [2.05, 4.69) is 15.9 Å². The van der Waals surface area contributed by atoms with E-state index in [0.29, 0.717) is 0 Å². The first-order valence-corrected chi connectivity index (χ1v) is 4.72. The Balaban J connectivity index is 3.28. The molecule has 0 aliphatic carbocycles. The van der Waals surface area contributed by atoms with Gasteiger partial charge in [-0.2, -0.15) is 0 Å². The number of benzene rings is 1. The summed E-state index contributed by atoms with van der Waals surface area (Å²) in [6.07, 6.45) is 0.868. The Morgan fingerprint density at radius 2 is 2.08 bits per heavy atom. The molecule has 0 aromatic heterocycles. The van der Waals surface area contributed by atoms with Crippen molar-refractivity contribution in [3.05, 3.63) is 28.2 Å². The lowest BCUT2D eigenvalue weighted by Crippen LogP contribution is -2.19.